The fourth-order valence-corrected chi connectivity index (χ4v) is 1.90. The van der Waals surface area contributed by atoms with Crippen molar-refractivity contribution in [3.8, 4) is 5.75 Å². The maximum Gasteiger partial charge on any atom is 0.255 e. The van der Waals surface area contributed by atoms with Gasteiger partial charge in [-0.3, -0.25) is 4.79 Å². The fraction of sp³-hybridized carbons (Fsp3) is 0.188. The van der Waals surface area contributed by atoms with Crippen molar-refractivity contribution < 1.29 is 13.9 Å². The summed E-state index contributed by atoms with van der Waals surface area (Å²) in [5, 5.41) is 2.82. The quantitative estimate of drug-likeness (QED) is 0.909. The predicted molar refractivity (Wildman–Crippen MR) is 75.4 cm³/mol. The molecule has 4 heteroatoms. The molecule has 0 radical (unpaired) electrons. The number of ether oxygens (including phenoxy) is 1. The van der Waals surface area contributed by atoms with Crippen molar-refractivity contribution in [2.24, 2.45) is 0 Å². The van der Waals surface area contributed by atoms with Gasteiger partial charge >= 0.3 is 0 Å². The molecule has 0 bridgehead atoms. The first-order valence-corrected chi connectivity index (χ1v) is 6.36. The number of para-hydroxylation sites is 1. The normalized spacial score (nSPS) is 10.1. The Morgan fingerprint density at radius 3 is 2.55 bits per heavy atom. The van der Waals surface area contributed by atoms with Gasteiger partial charge in [0.05, 0.1) is 12.7 Å². The number of amides is 1. The van der Waals surface area contributed by atoms with E-state index in [1.807, 2.05) is 6.07 Å². The van der Waals surface area contributed by atoms with Crippen LogP contribution in [0.3, 0.4) is 0 Å². The number of carbonyl (C=O) groups excluding carboxylic acids is 1. The Morgan fingerprint density at radius 2 is 1.85 bits per heavy atom. The summed E-state index contributed by atoms with van der Waals surface area (Å²) in [6, 6.07) is 13.3. The summed E-state index contributed by atoms with van der Waals surface area (Å²) in [4.78, 5) is 12.0. The van der Waals surface area contributed by atoms with Crippen molar-refractivity contribution in [1.29, 1.82) is 0 Å². The van der Waals surface area contributed by atoms with E-state index < -0.39 is 0 Å². The van der Waals surface area contributed by atoms with Crippen LogP contribution < -0.4 is 10.1 Å². The Hall–Kier alpha value is -2.36. The highest BCUT2D eigenvalue weighted by molar-refractivity contribution is 5.96. The molecule has 0 spiro atoms. The number of hydrogen-bond donors (Lipinski definition) is 1. The summed E-state index contributed by atoms with van der Waals surface area (Å²) in [7, 11) is 1.53. The van der Waals surface area contributed by atoms with E-state index >= 15 is 0 Å². The average Bonchev–Trinajstić information content (AvgIpc) is 2.49. The van der Waals surface area contributed by atoms with Crippen LogP contribution in [0.2, 0.25) is 0 Å². The van der Waals surface area contributed by atoms with Crippen LogP contribution in [-0.2, 0) is 6.42 Å². The zero-order valence-corrected chi connectivity index (χ0v) is 11.2. The van der Waals surface area contributed by atoms with Crippen LogP contribution in [0.25, 0.3) is 0 Å². The van der Waals surface area contributed by atoms with E-state index in [0.29, 0.717) is 24.3 Å². The molecule has 0 saturated heterocycles. The summed E-state index contributed by atoms with van der Waals surface area (Å²) in [6.07, 6.45) is 0.654. The maximum absolute atomic E-state index is 12.8. The van der Waals surface area contributed by atoms with Crippen LogP contribution in [0.15, 0.2) is 48.5 Å². The summed E-state index contributed by atoms with van der Waals surface area (Å²) in [5.74, 6) is 0.114. The van der Waals surface area contributed by atoms with Crippen LogP contribution in [0.1, 0.15) is 15.9 Å². The third kappa shape index (κ3) is 3.57. The number of rotatable bonds is 5. The number of benzene rings is 2. The van der Waals surface area contributed by atoms with Crippen molar-refractivity contribution >= 4 is 5.91 Å². The molecule has 3 nitrogen and oxygen atoms in total. The molecule has 1 amide bonds. The lowest BCUT2D eigenvalue weighted by atomic mass is 10.1. The molecule has 2 aromatic carbocycles. The number of carbonyl (C=O) groups is 1. The third-order valence-corrected chi connectivity index (χ3v) is 2.96. The number of halogens is 1. The standard InChI is InChI=1S/C16H16FNO2/c1-20-15-5-3-2-4-14(15)16(19)18-11-10-12-6-8-13(17)9-7-12/h2-9H,10-11H2,1H3,(H,18,19). The first-order chi connectivity index (χ1) is 9.70. The molecule has 2 aromatic rings. The second kappa shape index (κ2) is 6.70. The van der Waals surface area contributed by atoms with E-state index in [4.69, 9.17) is 4.74 Å². The van der Waals surface area contributed by atoms with Crippen molar-refractivity contribution in [3.63, 3.8) is 0 Å². The van der Waals surface area contributed by atoms with Gasteiger partial charge in [0.15, 0.2) is 0 Å². The average molecular weight is 273 g/mol. The second-order valence-electron chi connectivity index (χ2n) is 4.33. The van der Waals surface area contributed by atoms with E-state index in [-0.39, 0.29) is 11.7 Å². The van der Waals surface area contributed by atoms with Gasteiger partial charge in [-0.1, -0.05) is 24.3 Å². The van der Waals surface area contributed by atoms with Gasteiger partial charge in [-0.2, -0.15) is 0 Å². The molecule has 0 heterocycles. The zero-order valence-electron chi connectivity index (χ0n) is 11.2. The summed E-state index contributed by atoms with van der Waals surface area (Å²) < 4.78 is 17.9. The Labute approximate surface area is 117 Å². The minimum atomic E-state index is -0.258. The van der Waals surface area contributed by atoms with Crippen LogP contribution in [0, 0.1) is 5.82 Å². The molecule has 0 saturated carbocycles. The molecule has 0 aliphatic rings. The van der Waals surface area contributed by atoms with Gasteiger partial charge in [0, 0.05) is 6.54 Å². The highest BCUT2D eigenvalue weighted by atomic mass is 19.1. The van der Waals surface area contributed by atoms with E-state index in [1.54, 1.807) is 30.3 Å². The van der Waals surface area contributed by atoms with E-state index in [2.05, 4.69) is 5.32 Å². The largest absolute Gasteiger partial charge is 0.496 e. The van der Waals surface area contributed by atoms with Gasteiger partial charge in [-0.05, 0) is 36.2 Å². The Bertz CT molecular complexity index is 581. The molecule has 20 heavy (non-hydrogen) atoms. The molecule has 0 unspecified atom stereocenters. The van der Waals surface area contributed by atoms with Gasteiger partial charge in [-0.25, -0.2) is 4.39 Å². The molecule has 0 aliphatic heterocycles. The van der Waals surface area contributed by atoms with E-state index in [1.165, 1.54) is 19.2 Å². The van der Waals surface area contributed by atoms with Crippen molar-refractivity contribution in [3.05, 3.63) is 65.5 Å². The SMILES string of the molecule is COc1ccccc1C(=O)NCCc1ccc(F)cc1. The summed E-state index contributed by atoms with van der Waals surface area (Å²) in [5.41, 5.74) is 1.49. The molecule has 0 aromatic heterocycles. The van der Waals surface area contributed by atoms with Crippen molar-refractivity contribution in [2.75, 3.05) is 13.7 Å². The maximum atomic E-state index is 12.8. The molecular formula is C16H16FNO2. The number of nitrogens with one attached hydrogen (secondary N) is 1. The lowest BCUT2D eigenvalue weighted by Gasteiger charge is -2.09. The fourth-order valence-electron chi connectivity index (χ4n) is 1.90. The first kappa shape index (κ1) is 14.1. The Balaban J connectivity index is 1.90. The summed E-state index contributed by atoms with van der Waals surface area (Å²) in [6.45, 7) is 0.489. The Kier molecular flexibility index (Phi) is 4.71. The molecule has 104 valence electrons. The molecule has 1 N–H and O–H groups in total. The van der Waals surface area contributed by atoms with Crippen LogP contribution in [0.5, 0.6) is 5.75 Å². The third-order valence-electron chi connectivity index (χ3n) is 2.96. The monoisotopic (exact) mass is 273 g/mol. The predicted octanol–water partition coefficient (Wildman–Crippen LogP) is 2.81. The van der Waals surface area contributed by atoms with Gasteiger partial charge in [0.25, 0.3) is 5.91 Å². The van der Waals surface area contributed by atoms with Crippen molar-refractivity contribution in [1.82, 2.24) is 5.32 Å². The highest BCUT2D eigenvalue weighted by Gasteiger charge is 2.10. The van der Waals surface area contributed by atoms with Crippen LogP contribution >= 0.6 is 0 Å². The van der Waals surface area contributed by atoms with Crippen LogP contribution in [-0.4, -0.2) is 19.6 Å². The van der Waals surface area contributed by atoms with Gasteiger partial charge in [-0.15, -0.1) is 0 Å². The topological polar surface area (TPSA) is 38.3 Å². The first-order valence-electron chi connectivity index (χ1n) is 6.36. The molecule has 2 rings (SSSR count). The summed E-state index contributed by atoms with van der Waals surface area (Å²) >= 11 is 0. The van der Waals surface area contributed by atoms with Crippen LogP contribution in [0.4, 0.5) is 4.39 Å². The smallest absolute Gasteiger partial charge is 0.255 e. The molecular weight excluding hydrogens is 257 g/mol. The van der Waals surface area contributed by atoms with Crippen molar-refractivity contribution in [2.45, 2.75) is 6.42 Å². The lowest BCUT2D eigenvalue weighted by Crippen LogP contribution is -2.26. The second-order valence-corrected chi connectivity index (χ2v) is 4.33. The molecule has 0 fully saturated rings. The molecule has 0 atom stereocenters. The minimum Gasteiger partial charge on any atom is -0.496 e. The van der Waals surface area contributed by atoms with Gasteiger partial charge in [0.2, 0.25) is 0 Å². The highest BCUT2D eigenvalue weighted by Crippen LogP contribution is 2.16. The van der Waals surface area contributed by atoms with Gasteiger partial charge < -0.3 is 10.1 Å². The Morgan fingerprint density at radius 1 is 1.15 bits per heavy atom. The van der Waals surface area contributed by atoms with Gasteiger partial charge in [0.1, 0.15) is 11.6 Å². The zero-order chi connectivity index (χ0) is 14.4. The number of methoxy groups -OCH3 is 1. The molecule has 0 aliphatic carbocycles. The minimum absolute atomic E-state index is 0.176. The van der Waals surface area contributed by atoms with E-state index in [9.17, 15) is 9.18 Å². The van der Waals surface area contributed by atoms with E-state index in [0.717, 1.165) is 5.56 Å². The number of hydrogen-bond acceptors (Lipinski definition) is 2. The lowest BCUT2D eigenvalue weighted by molar-refractivity contribution is 0.0951.